The fourth-order valence-corrected chi connectivity index (χ4v) is 5.84. The van der Waals surface area contributed by atoms with Gasteiger partial charge in [-0.05, 0) is 63.5 Å². The number of rotatable bonds is 7. The van der Waals surface area contributed by atoms with Crippen LogP contribution in [0, 0.1) is 5.92 Å². The zero-order chi connectivity index (χ0) is 22.2. The van der Waals surface area contributed by atoms with Gasteiger partial charge in [0, 0.05) is 19.2 Å². The highest BCUT2D eigenvalue weighted by Crippen LogP contribution is 2.35. The number of amides is 2. The number of carbonyl (C=O) groups is 2. The van der Waals surface area contributed by atoms with Gasteiger partial charge < -0.3 is 19.5 Å². The molecule has 2 amide bonds. The second kappa shape index (κ2) is 8.94. The van der Waals surface area contributed by atoms with E-state index < -0.39 is 5.54 Å². The molecule has 7 heteroatoms. The van der Waals surface area contributed by atoms with Crippen molar-refractivity contribution in [1.29, 1.82) is 0 Å². The quantitative estimate of drug-likeness (QED) is 0.642. The Morgan fingerprint density at radius 2 is 2.13 bits per heavy atom. The van der Waals surface area contributed by atoms with Gasteiger partial charge in [-0.3, -0.25) is 9.59 Å². The molecule has 1 saturated carbocycles. The minimum atomic E-state index is -0.924. The Balaban J connectivity index is 1.61. The highest BCUT2D eigenvalue weighted by molar-refractivity contribution is 7.17. The van der Waals surface area contributed by atoms with E-state index >= 15 is 0 Å². The Labute approximate surface area is 188 Å². The summed E-state index contributed by atoms with van der Waals surface area (Å²) >= 11 is 1.63. The molecule has 3 heterocycles. The van der Waals surface area contributed by atoms with Gasteiger partial charge in [-0.15, -0.1) is 11.3 Å². The fraction of sp³-hybridized carbons (Fsp3) is 0.667. The van der Waals surface area contributed by atoms with Crippen molar-refractivity contribution >= 4 is 33.4 Å². The topological polar surface area (TPSA) is 63.6 Å². The van der Waals surface area contributed by atoms with Crippen LogP contribution in [-0.2, 0) is 16.1 Å². The Bertz CT molecular complexity index is 949. The summed E-state index contributed by atoms with van der Waals surface area (Å²) in [4.78, 5) is 29.1. The maximum atomic E-state index is 13.7. The van der Waals surface area contributed by atoms with Crippen LogP contribution in [0.25, 0.3) is 10.2 Å². The number of thiophene rings is 1. The molecule has 3 atom stereocenters. The molecule has 1 aliphatic heterocycles. The lowest BCUT2D eigenvalue weighted by Crippen LogP contribution is -2.65. The van der Waals surface area contributed by atoms with Crippen LogP contribution in [0.3, 0.4) is 0 Å². The van der Waals surface area contributed by atoms with Crippen LogP contribution in [0.5, 0.6) is 0 Å². The van der Waals surface area contributed by atoms with Crippen LogP contribution in [0.15, 0.2) is 17.5 Å². The van der Waals surface area contributed by atoms with Crippen molar-refractivity contribution in [2.75, 3.05) is 13.2 Å². The lowest BCUT2D eigenvalue weighted by Gasteiger charge is -2.45. The third kappa shape index (κ3) is 4.27. The van der Waals surface area contributed by atoms with Crippen molar-refractivity contribution in [3.63, 3.8) is 0 Å². The largest absolute Gasteiger partial charge is 0.379 e. The van der Waals surface area contributed by atoms with Crippen LogP contribution in [0.1, 0.15) is 70.3 Å². The third-order valence-electron chi connectivity index (χ3n) is 6.94. The number of nitrogens with one attached hydrogen (secondary N) is 1. The molecular weight excluding hydrogens is 410 g/mol. The molecule has 1 N–H and O–H groups in total. The molecule has 0 unspecified atom stereocenters. The number of hydrogen-bond donors (Lipinski definition) is 1. The van der Waals surface area contributed by atoms with Crippen LogP contribution in [0.4, 0.5) is 0 Å². The maximum absolute atomic E-state index is 13.7. The van der Waals surface area contributed by atoms with E-state index in [-0.39, 0.29) is 24.0 Å². The van der Waals surface area contributed by atoms with E-state index in [0.29, 0.717) is 37.7 Å². The van der Waals surface area contributed by atoms with Gasteiger partial charge in [-0.2, -0.15) is 0 Å². The average molecular weight is 446 g/mol. The van der Waals surface area contributed by atoms with Crippen molar-refractivity contribution in [3.8, 4) is 0 Å². The molecule has 1 fully saturated rings. The normalized spacial score (nSPS) is 26.5. The van der Waals surface area contributed by atoms with Crippen LogP contribution >= 0.6 is 11.3 Å². The molecule has 0 spiro atoms. The van der Waals surface area contributed by atoms with Crippen molar-refractivity contribution in [2.45, 2.75) is 84.0 Å². The second-order valence-electron chi connectivity index (χ2n) is 9.63. The van der Waals surface area contributed by atoms with Crippen molar-refractivity contribution < 1.29 is 14.3 Å². The molecule has 0 saturated heterocycles. The Hall–Kier alpha value is -1.86. The van der Waals surface area contributed by atoms with E-state index in [4.69, 9.17) is 4.74 Å². The fourth-order valence-electron chi connectivity index (χ4n) is 5.02. The molecular formula is C24H35N3O3S. The van der Waals surface area contributed by atoms with E-state index in [2.05, 4.69) is 12.2 Å². The number of fused-ring (bicyclic) bond motifs is 3. The SMILES string of the molecule is CC(C)OCCCN1C(=O)c2cc3sccc3n2C[C@]1(C)C(=O)N[C@@H]1CCCC[C@H]1C. The lowest BCUT2D eigenvalue weighted by molar-refractivity contribution is -0.134. The predicted octanol–water partition coefficient (Wildman–Crippen LogP) is 4.43. The molecule has 0 aromatic carbocycles. The summed E-state index contributed by atoms with van der Waals surface area (Å²) < 4.78 is 8.83. The predicted molar refractivity (Wildman–Crippen MR) is 125 cm³/mol. The van der Waals surface area contributed by atoms with Crippen molar-refractivity contribution in [3.05, 3.63) is 23.2 Å². The minimum Gasteiger partial charge on any atom is -0.379 e. The van der Waals surface area contributed by atoms with E-state index in [9.17, 15) is 9.59 Å². The minimum absolute atomic E-state index is 0.0351. The van der Waals surface area contributed by atoms with Gasteiger partial charge in [-0.25, -0.2) is 0 Å². The number of carbonyl (C=O) groups excluding carboxylic acids is 2. The Morgan fingerprint density at radius 3 is 2.87 bits per heavy atom. The molecule has 6 nitrogen and oxygen atoms in total. The van der Waals surface area contributed by atoms with E-state index in [0.717, 1.165) is 29.5 Å². The Kier molecular flexibility index (Phi) is 6.44. The first-order valence-electron chi connectivity index (χ1n) is 11.6. The molecule has 2 aliphatic rings. The van der Waals surface area contributed by atoms with Gasteiger partial charge in [-0.1, -0.05) is 19.8 Å². The third-order valence-corrected chi connectivity index (χ3v) is 7.80. The lowest BCUT2D eigenvalue weighted by atomic mass is 9.85. The highest BCUT2D eigenvalue weighted by Gasteiger charge is 2.48. The first-order valence-corrected chi connectivity index (χ1v) is 12.5. The summed E-state index contributed by atoms with van der Waals surface area (Å²) in [6, 6.07) is 4.21. The zero-order valence-electron chi connectivity index (χ0n) is 19.1. The second-order valence-corrected chi connectivity index (χ2v) is 10.6. The van der Waals surface area contributed by atoms with Gasteiger partial charge in [0.25, 0.3) is 5.91 Å². The first-order chi connectivity index (χ1) is 14.8. The number of nitrogens with zero attached hydrogens (tertiary/aromatic N) is 2. The van der Waals surface area contributed by atoms with Crippen molar-refractivity contribution in [2.24, 2.45) is 5.92 Å². The summed E-state index contributed by atoms with van der Waals surface area (Å²) in [7, 11) is 0. The molecule has 0 bridgehead atoms. The van der Waals surface area contributed by atoms with Gasteiger partial charge in [0.15, 0.2) is 0 Å². The first kappa shape index (κ1) is 22.3. The zero-order valence-corrected chi connectivity index (χ0v) is 20.0. The molecule has 1 aliphatic carbocycles. The maximum Gasteiger partial charge on any atom is 0.271 e. The molecule has 2 aromatic heterocycles. The summed E-state index contributed by atoms with van der Waals surface area (Å²) in [6.45, 7) is 9.73. The number of aromatic nitrogens is 1. The average Bonchev–Trinajstić information content (AvgIpc) is 3.31. The standard InChI is InChI=1S/C24H35N3O3S/c1-16(2)30-12-7-11-27-22(28)20-14-21-19(10-13-31-21)26(20)15-24(27,4)23(29)25-18-9-6-5-8-17(18)3/h10,13-14,16-18H,5-9,11-12,15H2,1-4H3,(H,25,29)/t17-,18-,24-/m1/s1. The molecule has 170 valence electrons. The van der Waals surface area contributed by atoms with E-state index in [1.54, 1.807) is 16.2 Å². The number of ether oxygens (including phenoxy) is 1. The number of hydrogen-bond acceptors (Lipinski definition) is 4. The summed E-state index contributed by atoms with van der Waals surface area (Å²) in [5.41, 5.74) is 0.802. The summed E-state index contributed by atoms with van der Waals surface area (Å²) in [5, 5.41) is 5.37. The van der Waals surface area contributed by atoms with Crippen LogP contribution < -0.4 is 5.32 Å². The summed E-state index contributed by atoms with van der Waals surface area (Å²) in [5.74, 6) is 0.375. The molecule has 2 aromatic rings. The van der Waals surface area contributed by atoms with E-state index in [1.165, 1.54) is 6.42 Å². The Morgan fingerprint density at radius 1 is 1.35 bits per heavy atom. The summed E-state index contributed by atoms with van der Waals surface area (Å²) in [6.07, 6.45) is 5.41. The van der Waals surface area contributed by atoms with Gasteiger partial charge in [0.2, 0.25) is 5.91 Å². The van der Waals surface area contributed by atoms with Crippen molar-refractivity contribution in [1.82, 2.24) is 14.8 Å². The van der Waals surface area contributed by atoms with Gasteiger partial charge in [0.05, 0.1) is 22.9 Å². The smallest absolute Gasteiger partial charge is 0.271 e. The molecule has 0 radical (unpaired) electrons. The van der Waals surface area contributed by atoms with Gasteiger partial charge >= 0.3 is 0 Å². The molecule has 4 rings (SSSR count). The van der Waals surface area contributed by atoms with Crippen LogP contribution in [-0.4, -0.2) is 52.1 Å². The van der Waals surface area contributed by atoms with Crippen LogP contribution in [0.2, 0.25) is 0 Å². The molecule has 31 heavy (non-hydrogen) atoms. The highest BCUT2D eigenvalue weighted by atomic mass is 32.1. The van der Waals surface area contributed by atoms with Gasteiger partial charge in [0.1, 0.15) is 11.2 Å². The monoisotopic (exact) mass is 445 g/mol. The van der Waals surface area contributed by atoms with E-state index in [1.807, 2.05) is 42.9 Å².